The highest BCUT2D eigenvalue weighted by molar-refractivity contribution is 5.75. The number of hydrogen-bond acceptors (Lipinski definition) is 4. The van der Waals surface area contributed by atoms with E-state index in [1.54, 1.807) is 6.92 Å². The number of rotatable bonds is 6. The van der Waals surface area contributed by atoms with Gasteiger partial charge in [-0.2, -0.15) is 13.2 Å². The molecule has 0 saturated carbocycles. The fraction of sp³-hybridized carbons (Fsp3) is 0.889. The van der Waals surface area contributed by atoms with Crippen molar-refractivity contribution in [2.75, 3.05) is 26.7 Å². The Labute approximate surface area is 92.5 Å². The molecular weight excluding hydrogens is 225 g/mol. The number of carbonyl (C=O) groups excluding carboxylic acids is 1. The van der Waals surface area contributed by atoms with Gasteiger partial charge in [0.05, 0.1) is 13.0 Å². The summed E-state index contributed by atoms with van der Waals surface area (Å²) in [5.74, 6) is -0.596. The Morgan fingerprint density at radius 2 is 2.06 bits per heavy atom. The van der Waals surface area contributed by atoms with E-state index in [9.17, 15) is 18.0 Å². The monoisotopic (exact) mass is 242 g/mol. The number of alkyl halides is 3. The molecule has 0 radical (unpaired) electrons. The van der Waals surface area contributed by atoms with Crippen LogP contribution in [0.4, 0.5) is 13.2 Å². The van der Waals surface area contributed by atoms with Gasteiger partial charge in [-0.15, -0.1) is 0 Å². The maximum atomic E-state index is 11.9. The highest BCUT2D eigenvalue weighted by Crippen LogP contribution is 2.19. The predicted octanol–water partition coefficient (Wildman–Crippen LogP) is 0.761. The zero-order valence-electron chi connectivity index (χ0n) is 9.38. The standard InChI is InChI=1S/C9H17F3N2O2/c1-3-16-8(15)7(13)6-14(2)5-4-9(10,11)12/h7H,3-6,13H2,1-2H3. The number of carbonyl (C=O) groups is 1. The van der Waals surface area contributed by atoms with Gasteiger partial charge >= 0.3 is 12.1 Å². The van der Waals surface area contributed by atoms with Crippen molar-refractivity contribution in [1.82, 2.24) is 4.90 Å². The van der Waals surface area contributed by atoms with Crippen molar-refractivity contribution in [3.8, 4) is 0 Å². The third-order valence-corrected chi connectivity index (χ3v) is 1.87. The Balaban J connectivity index is 3.86. The molecule has 0 aromatic heterocycles. The lowest BCUT2D eigenvalue weighted by molar-refractivity contribution is -0.145. The second-order valence-corrected chi connectivity index (χ2v) is 3.49. The summed E-state index contributed by atoms with van der Waals surface area (Å²) in [6, 6.07) is -0.904. The molecule has 0 saturated heterocycles. The van der Waals surface area contributed by atoms with Crippen molar-refractivity contribution in [3.63, 3.8) is 0 Å². The van der Waals surface area contributed by atoms with Gasteiger partial charge in [-0.1, -0.05) is 0 Å². The molecule has 7 heteroatoms. The van der Waals surface area contributed by atoms with E-state index >= 15 is 0 Å². The summed E-state index contributed by atoms with van der Waals surface area (Å²) in [6.07, 6.45) is -5.11. The lowest BCUT2D eigenvalue weighted by Gasteiger charge is -2.20. The first kappa shape index (κ1) is 15.2. The van der Waals surface area contributed by atoms with Gasteiger partial charge in [0.2, 0.25) is 0 Å². The van der Waals surface area contributed by atoms with Crippen LogP contribution in [0, 0.1) is 0 Å². The van der Waals surface area contributed by atoms with Crippen molar-refractivity contribution < 1.29 is 22.7 Å². The molecule has 0 aromatic rings. The van der Waals surface area contributed by atoms with E-state index in [0.29, 0.717) is 0 Å². The largest absolute Gasteiger partial charge is 0.465 e. The number of likely N-dealkylation sites (N-methyl/N-ethyl adjacent to an activating group) is 1. The molecule has 4 nitrogen and oxygen atoms in total. The van der Waals surface area contributed by atoms with Gasteiger partial charge in [0.15, 0.2) is 0 Å². The summed E-state index contributed by atoms with van der Waals surface area (Å²) in [5.41, 5.74) is 5.45. The molecule has 1 atom stereocenters. The lowest BCUT2D eigenvalue weighted by Crippen LogP contribution is -2.43. The predicted molar refractivity (Wildman–Crippen MR) is 52.8 cm³/mol. The molecule has 96 valence electrons. The third kappa shape index (κ3) is 7.47. The first-order valence-electron chi connectivity index (χ1n) is 4.93. The summed E-state index contributed by atoms with van der Waals surface area (Å²) >= 11 is 0. The van der Waals surface area contributed by atoms with E-state index < -0.39 is 24.6 Å². The van der Waals surface area contributed by atoms with Crippen LogP contribution in [-0.4, -0.2) is 49.8 Å². The molecule has 0 aromatic carbocycles. The van der Waals surface area contributed by atoms with E-state index in [-0.39, 0.29) is 19.7 Å². The molecule has 0 fully saturated rings. The molecule has 16 heavy (non-hydrogen) atoms. The van der Waals surface area contributed by atoms with E-state index in [4.69, 9.17) is 5.73 Å². The van der Waals surface area contributed by atoms with Crippen molar-refractivity contribution in [2.45, 2.75) is 25.6 Å². The van der Waals surface area contributed by atoms with Crippen LogP contribution in [-0.2, 0) is 9.53 Å². The molecule has 0 spiro atoms. The summed E-state index contributed by atoms with van der Waals surface area (Å²) in [4.78, 5) is 12.4. The molecule has 0 aliphatic carbocycles. The van der Waals surface area contributed by atoms with Crippen molar-refractivity contribution in [3.05, 3.63) is 0 Å². The van der Waals surface area contributed by atoms with Crippen molar-refractivity contribution in [2.24, 2.45) is 5.73 Å². The number of nitrogens with two attached hydrogens (primary N) is 1. The summed E-state index contributed by atoms with van der Waals surface area (Å²) in [7, 11) is 1.48. The van der Waals surface area contributed by atoms with E-state index in [2.05, 4.69) is 4.74 Å². The number of esters is 1. The number of ether oxygens (including phenoxy) is 1. The smallest absolute Gasteiger partial charge is 0.390 e. The molecule has 0 heterocycles. The lowest BCUT2D eigenvalue weighted by atomic mass is 10.3. The van der Waals surface area contributed by atoms with Gasteiger partial charge in [0, 0.05) is 13.1 Å². The van der Waals surface area contributed by atoms with Crippen LogP contribution in [0.5, 0.6) is 0 Å². The summed E-state index contributed by atoms with van der Waals surface area (Å²) in [6.45, 7) is 1.71. The van der Waals surface area contributed by atoms with Crippen LogP contribution in [0.3, 0.4) is 0 Å². The van der Waals surface area contributed by atoms with Gasteiger partial charge in [-0.3, -0.25) is 4.79 Å². The topological polar surface area (TPSA) is 55.6 Å². The fourth-order valence-electron chi connectivity index (χ4n) is 1.07. The third-order valence-electron chi connectivity index (χ3n) is 1.87. The van der Waals surface area contributed by atoms with Crippen LogP contribution < -0.4 is 5.73 Å². The molecule has 2 N–H and O–H groups in total. The normalized spacial score (nSPS) is 13.9. The minimum atomic E-state index is -4.19. The highest BCUT2D eigenvalue weighted by atomic mass is 19.4. The molecule has 1 unspecified atom stereocenters. The van der Waals surface area contributed by atoms with E-state index in [1.165, 1.54) is 11.9 Å². The van der Waals surface area contributed by atoms with Gasteiger partial charge in [-0.25, -0.2) is 0 Å². The Morgan fingerprint density at radius 1 is 1.50 bits per heavy atom. The number of hydrogen-bond donors (Lipinski definition) is 1. The highest BCUT2D eigenvalue weighted by Gasteiger charge is 2.27. The minimum absolute atomic E-state index is 0.0505. The van der Waals surface area contributed by atoms with Gasteiger partial charge < -0.3 is 15.4 Å². The van der Waals surface area contributed by atoms with Crippen LogP contribution in [0.25, 0.3) is 0 Å². The molecular formula is C9H17F3N2O2. The van der Waals surface area contributed by atoms with Gasteiger partial charge in [0.25, 0.3) is 0 Å². The van der Waals surface area contributed by atoms with Crippen LogP contribution in [0.15, 0.2) is 0 Å². The molecule has 0 aliphatic rings. The average molecular weight is 242 g/mol. The second kappa shape index (κ2) is 6.70. The average Bonchev–Trinajstić information content (AvgIpc) is 2.14. The molecule has 0 rings (SSSR count). The first-order chi connectivity index (χ1) is 7.26. The Hall–Kier alpha value is -0.820. The molecule has 0 aliphatic heterocycles. The Morgan fingerprint density at radius 3 is 2.50 bits per heavy atom. The Bertz CT molecular complexity index is 221. The molecule has 0 bridgehead atoms. The van der Waals surface area contributed by atoms with Crippen LogP contribution >= 0.6 is 0 Å². The quantitative estimate of drug-likeness (QED) is 0.699. The second-order valence-electron chi connectivity index (χ2n) is 3.49. The van der Waals surface area contributed by atoms with E-state index in [0.717, 1.165) is 0 Å². The van der Waals surface area contributed by atoms with Crippen molar-refractivity contribution >= 4 is 5.97 Å². The maximum absolute atomic E-state index is 11.9. The Kier molecular flexibility index (Phi) is 6.35. The zero-order valence-corrected chi connectivity index (χ0v) is 9.38. The summed E-state index contributed by atoms with van der Waals surface area (Å²) < 4.78 is 40.3. The summed E-state index contributed by atoms with van der Waals surface area (Å²) in [5, 5.41) is 0. The van der Waals surface area contributed by atoms with E-state index in [1.807, 2.05) is 0 Å². The van der Waals surface area contributed by atoms with Gasteiger partial charge in [0.1, 0.15) is 6.04 Å². The SMILES string of the molecule is CCOC(=O)C(N)CN(C)CCC(F)(F)F. The number of nitrogens with zero attached hydrogens (tertiary/aromatic N) is 1. The number of halogens is 3. The maximum Gasteiger partial charge on any atom is 0.390 e. The fourth-order valence-corrected chi connectivity index (χ4v) is 1.07. The van der Waals surface area contributed by atoms with Crippen LogP contribution in [0.2, 0.25) is 0 Å². The van der Waals surface area contributed by atoms with Crippen molar-refractivity contribution in [1.29, 1.82) is 0 Å². The zero-order chi connectivity index (χ0) is 12.8. The van der Waals surface area contributed by atoms with Crippen LogP contribution in [0.1, 0.15) is 13.3 Å². The first-order valence-corrected chi connectivity index (χ1v) is 4.93. The minimum Gasteiger partial charge on any atom is -0.465 e. The van der Waals surface area contributed by atoms with Gasteiger partial charge in [-0.05, 0) is 14.0 Å². The molecule has 0 amide bonds.